The van der Waals surface area contributed by atoms with Gasteiger partial charge >= 0.3 is 0 Å². The third-order valence-corrected chi connectivity index (χ3v) is 2.81. The minimum Gasteiger partial charge on any atom is -0.425 e. The van der Waals surface area contributed by atoms with Crippen molar-refractivity contribution in [3.8, 4) is 0 Å². The molecule has 0 saturated heterocycles. The van der Waals surface area contributed by atoms with Crippen LogP contribution in [0.15, 0.2) is 28.7 Å². The molecular weight excluding hydrogens is 233 g/mol. The smallest absolute Gasteiger partial charge is 0.221 e. The Morgan fingerprint density at radius 1 is 1.28 bits per heavy atom. The second-order valence-electron chi connectivity index (χ2n) is 4.15. The predicted molar refractivity (Wildman–Crippen MR) is 65.6 cm³/mol. The maximum absolute atomic E-state index is 12.8. The highest BCUT2D eigenvalue weighted by Crippen LogP contribution is 2.19. The van der Waals surface area contributed by atoms with Crippen molar-refractivity contribution in [2.45, 2.75) is 25.7 Å². The van der Waals surface area contributed by atoms with E-state index in [0.29, 0.717) is 31.2 Å². The van der Waals surface area contributed by atoms with E-state index in [0.717, 1.165) is 5.56 Å². The summed E-state index contributed by atoms with van der Waals surface area (Å²) >= 11 is 0. The number of aromatic nitrogens is 2. The van der Waals surface area contributed by atoms with Crippen LogP contribution in [0.2, 0.25) is 0 Å². The summed E-state index contributed by atoms with van der Waals surface area (Å²) in [6, 6.07) is 6.37. The maximum atomic E-state index is 12.8. The highest BCUT2D eigenvalue weighted by molar-refractivity contribution is 5.18. The van der Waals surface area contributed by atoms with Gasteiger partial charge in [0, 0.05) is 13.0 Å². The zero-order valence-electron chi connectivity index (χ0n) is 10.3. The molecule has 0 amide bonds. The molecule has 1 heterocycles. The van der Waals surface area contributed by atoms with Gasteiger partial charge in [-0.05, 0) is 24.1 Å². The average molecular weight is 249 g/mol. The van der Waals surface area contributed by atoms with Crippen LogP contribution < -0.4 is 5.73 Å². The minimum absolute atomic E-state index is 0.0248. The molecule has 0 aliphatic carbocycles. The summed E-state index contributed by atoms with van der Waals surface area (Å²) in [5.41, 5.74) is 6.73. The number of hydrogen-bond donors (Lipinski definition) is 1. The lowest BCUT2D eigenvalue weighted by Crippen LogP contribution is -2.15. The van der Waals surface area contributed by atoms with E-state index >= 15 is 0 Å². The van der Waals surface area contributed by atoms with Crippen molar-refractivity contribution in [3.63, 3.8) is 0 Å². The van der Waals surface area contributed by atoms with E-state index in [1.807, 2.05) is 6.92 Å². The van der Waals surface area contributed by atoms with Gasteiger partial charge in [-0.25, -0.2) is 4.39 Å². The summed E-state index contributed by atoms with van der Waals surface area (Å²) in [5, 5.41) is 7.93. The molecule has 0 fully saturated rings. The molecule has 0 aliphatic rings. The van der Waals surface area contributed by atoms with Gasteiger partial charge in [0.1, 0.15) is 5.82 Å². The predicted octanol–water partition coefficient (Wildman–Crippen LogP) is 2.06. The molecule has 1 atom stereocenters. The molecule has 4 nitrogen and oxygen atoms in total. The zero-order valence-corrected chi connectivity index (χ0v) is 10.3. The molecule has 5 heteroatoms. The first-order valence-corrected chi connectivity index (χ1v) is 5.99. The molecule has 2 N–H and O–H groups in total. The fraction of sp³-hybridized carbons (Fsp3) is 0.385. The largest absolute Gasteiger partial charge is 0.425 e. The lowest BCUT2D eigenvalue weighted by atomic mass is 9.99. The molecule has 0 saturated carbocycles. The molecule has 1 aromatic carbocycles. The summed E-state index contributed by atoms with van der Waals surface area (Å²) in [6.07, 6.45) is 1.38. The van der Waals surface area contributed by atoms with E-state index in [1.165, 1.54) is 12.1 Å². The van der Waals surface area contributed by atoms with E-state index in [2.05, 4.69) is 10.2 Å². The highest BCUT2D eigenvalue weighted by Gasteiger charge is 2.17. The monoisotopic (exact) mass is 249 g/mol. The Morgan fingerprint density at radius 2 is 2.00 bits per heavy atom. The molecule has 0 spiro atoms. The van der Waals surface area contributed by atoms with Gasteiger partial charge in [0.2, 0.25) is 11.8 Å². The van der Waals surface area contributed by atoms with Crippen LogP contribution in [0.25, 0.3) is 0 Å². The molecule has 2 rings (SSSR count). The van der Waals surface area contributed by atoms with Gasteiger partial charge in [-0.2, -0.15) is 0 Å². The van der Waals surface area contributed by atoms with Crippen LogP contribution in [0.3, 0.4) is 0 Å². The Kier molecular flexibility index (Phi) is 4.04. The van der Waals surface area contributed by atoms with Gasteiger partial charge < -0.3 is 10.2 Å². The maximum Gasteiger partial charge on any atom is 0.221 e. The van der Waals surface area contributed by atoms with E-state index in [1.54, 1.807) is 12.1 Å². The van der Waals surface area contributed by atoms with Crippen molar-refractivity contribution in [1.82, 2.24) is 10.2 Å². The molecule has 1 aromatic heterocycles. The highest BCUT2D eigenvalue weighted by atomic mass is 19.1. The summed E-state index contributed by atoms with van der Waals surface area (Å²) in [5.74, 6) is 0.901. The SMILES string of the molecule is CCc1nnc(C(CN)Cc2ccc(F)cc2)o1. The number of nitrogens with zero attached hydrogens (tertiary/aromatic N) is 2. The Hall–Kier alpha value is -1.75. The first-order chi connectivity index (χ1) is 8.72. The number of nitrogens with two attached hydrogens (primary N) is 1. The van der Waals surface area contributed by atoms with Crippen LogP contribution in [0.1, 0.15) is 30.2 Å². The van der Waals surface area contributed by atoms with Crippen LogP contribution in [0, 0.1) is 5.82 Å². The van der Waals surface area contributed by atoms with Crippen molar-refractivity contribution in [2.75, 3.05) is 6.54 Å². The third kappa shape index (κ3) is 2.92. The Balaban J connectivity index is 2.11. The van der Waals surface area contributed by atoms with Gasteiger partial charge in [-0.1, -0.05) is 19.1 Å². The summed E-state index contributed by atoms with van der Waals surface area (Å²) in [7, 11) is 0. The van der Waals surface area contributed by atoms with Crippen LogP contribution in [0.5, 0.6) is 0 Å². The molecule has 96 valence electrons. The van der Waals surface area contributed by atoms with Gasteiger partial charge in [-0.15, -0.1) is 10.2 Å². The van der Waals surface area contributed by atoms with E-state index in [-0.39, 0.29) is 11.7 Å². The number of rotatable bonds is 5. The normalized spacial score (nSPS) is 12.6. The van der Waals surface area contributed by atoms with E-state index < -0.39 is 0 Å². The van der Waals surface area contributed by atoms with Crippen LogP contribution in [-0.2, 0) is 12.8 Å². The first-order valence-electron chi connectivity index (χ1n) is 5.99. The molecule has 18 heavy (non-hydrogen) atoms. The van der Waals surface area contributed by atoms with Crippen LogP contribution in [-0.4, -0.2) is 16.7 Å². The molecular formula is C13H16FN3O. The third-order valence-electron chi connectivity index (χ3n) is 2.81. The summed E-state index contributed by atoms with van der Waals surface area (Å²) in [6.45, 7) is 2.37. The number of hydrogen-bond acceptors (Lipinski definition) is 4. The molecule has 0 aliphatic heterocycles. The topological polar surface area (TPSA) is 64.9 Å². The van der Waals surface area contributed by atoms with E-state index in [9.17, 15) is 4.39 Å². The van der Waals surface area contributed by atoms with Crippen LogP contribution >= 0.6 is 0 Å². The number of aryl methyl sites for hydroxylation is 1. The lowest BCUT2D eigenvalue weighted by Gasteiger charge is -2.10. The number of benzene rings is 1. The van der Waals surface area contributed by atoms with Gasteiger partial charge in [0.15, 0.2) is 0 Å². The van der Waals surface area contributed by atoms with Gasteiger partial charge in [-0.3, -0.25) is 0 Å². The fourth-order valence-corrected chi connectivity index (χ4v) is 1.75. The summed E-state index contributed by atoms with van der Waals surface area (Å²) < 4.78 is 18.3. The average Bonchev–Trinajstić information content (AvgIpc) is 2.87. The first kappa shape index (κ1) is 12.7. The second kappa shape index (κ2) is 5.73. The van der Waals surface area contributed by atoms with Crippen LogP contribution in [0.4, 0.5) is 4.39 Å². The molecule has 0 bridgehead atoms. The Bertz CT molecular complexity index is 495. The molecule has 2 aromatic rings. The molecule has 0 radical (unpaired) electrons. The lowest BCUT2D eigenvalue weighted by molar-refractivity contribution is 0.417. The van der Waals surface area contributed by atoms with Crippen molar-refractivity contribution in [1.29, 1.82) is 0 Å². The van der Waals surface area contributed by atoms with E-state index in [4.69, 9.17) is 10.2 Å². The quantitative estimate of drug-likeness (QED) is 0.880. The van der Waals surface area contributed by atoms with Gasteiger partial charge in [0.25, 0.3) is 0 Å². The van der Waals surface area contributed by atoms with Crippen molar-refractivity contribution < 1.29 is 8.81 Å². The van der Waals surface area contributed by atoms with Gasteiger partial charge in [0.05, 0.1) is 5.92 Å². The Morgan fingerprint density at radius 3 is 2.56 bits per heavy atom. The second-order valence-corrected chi connectivity index (χ2v) is 4.15. The van der Waals surface area contributed by atoms with Crippen molar-refractivity contribution in [2.24, 2.45) is 5.73 Å². The van der Waals surface area contributed by atoms with Crippen molar-refractivity contribution >= 4 is 0 Å². The van der Waals surface area contributed by atoms with Crippen molar-refractivity contribution in [3.05, 3.63) is 47.4 Å². The summed E-state index contributed by atoms with van der Waals surface area (Å²) in [4.78, 5) is 0. The fourth-order valence-electron chi connectivity index (χ4n) is 1.75. The zero-order chi connectivity index (χ0) is 13.0. The Labute approximate surface area is 105 Å². The minimum atomic E-state index is -0.242. The molecule has 1 unspecified atom stereocenters. The number of halogens is 1. The standard InChI is InChI=1S/C13H16FN3O/c1-2-12-16-17-13(18-12)10(8-15)7-9-3-5-11(14)6-4-9/h3-6,10H,2,7-8,15H2,1H3.